The zero-order valence-electron chi connectivity index (χ0n) is 16.3. The van der Waals surface area contributed by atoms with Gasteiger partial charge in [-0.3, -0.25) is 10.2 Å². The maximum atomic E-state index is 12.6. The molecule has 0 atom stereocenters. The Morgan fingerprint density at radius 2 is 2.21 bits per heavy atom. The Hall–Kier alpha value is -3.36. The molecule has 0 spiro atoms. The van der Waals surface area contributed by atoms with Gasteiger partial charge in [0.2, 0.25) is 0 Å². The number of nitrogens with one attached hydrogen (secondary N) is 3. The predicted octanol–water partition coefficient (Wildman–Crippen LogP) is 2.11. The number of hydrogen-bond donors (Lipinski definition) is 3. The van der Waals surface area contributed by atoms with Crippen LogP contribution >= 0.6 is 0 Å². The number of rotatable bonds is 6. The lowest BCUT2D eigenvalue weighted by molar-refractivity contribution is 0.0974. The average Bonchev–Trinajstić information content (AvgIpc) is 3.18. The van der Waals surface area contributed by atoms with Crippen LogP contribution in [0.25, 0.3) is 0 Å². The highest BCUT2D eigenvalue weighted by molar-refractivity contribution is 6.09. The van der Waals surface area contributed by atoms with Crippen LogP contribution in [-0.2, 0) is 13.0 Å². The number of fused-ring (bicyclic) bond motifs is 1. The van der Waals surface area contributed by atoms with Crippen molar-refractivity contribution in [1.29, 1.82) is 5.41 Å². The maximum Gasteiger partial charge on any atom is 0.264 e. The highest BCUT2D eigenvalue weighted by atomic mass is 16.5. The lowest BCUT2D eigenvalue weighted by atomic mass is 9.99. The van der Waals surface area contributed by atoms with Crippen LogP contribution in [0.2, 0.25) is 0 Å². The Morgan fingerprint density at radius 3 is 2.89 bits per heavy atom. The van der Waals surface area contributed by atoms with Gasteiger partial charge in [0, 0.05) is 24.6 Å². The third-order valence-corrected chi connectivity index (χ3v) is 4.00. The van der Waals surface area contributed by atoms with Crippen molar-refractivity contribution in [3.8, 4) is 11.5 Å². The number of amidine groups is 1. The predicted molar refractivity (Wildman–Crippen MR) is 102 cm³/mol. The van der Waals surface area contributed by atoms with Crippen LogP contribution in [0.3, 0.4) is 0 Å². The molecule has 0 unspecified atom stereocenters. The smallest absolute Gasteiger partial charge is 0.264 e. The van der Waals surface area contributed by atoms with Crippen LogP contribution in [0, 0.1) is 12.3 Å². The molecule has 0 saturated carbocycles. The van der Waals surface area contributed by atoms with Crippen LogP contribution in [0.5, 0.6) is 11.5 Å². The summed E-state index contributed by atoms with van der Waals surface area (Å²) in [5.41, 5.74) is 0.803. The average molecular weight is 385 g/mol. The molecule has 1 aromatic carbocycles. The SMILES string of the molecule is CN/C=C\C(=N)NC(=O)c1cc(OCc2nc(C)no2)c2c(c1)OC(C)(C)C2. The zero-order valence-corrected chi connectivity index (χ0v) is 16.3. The second-order valence-corrected chi connectivity index (χ2v) is 7.00. The van der Waals surface area contributed by atoms with Crippen LogP contribution in [0.4, 0.5) is 0 Å². The van der Waals surface area contributed by atoms with Crippen molar-refractivity contribution in [3.63, 3.8) is 0 Å². The fourth-order valence-electron chi connectivity index (χ4n) is 2.85. The Morgan fingerprint density at radius 1 is 1.43 bits per heavy atom. The van der Waals surface area contributed by atoms with Crippen molar-refractivity contribution in [1.82, 2.24) is 20.8 Å². The Bertz CT molecular complexity index is 932. The molecular formula is C19H23N5O4. The monoisotopic (exact) mass is 385 g/mol. The number of carbonyl (C=O) groups is 1. The minimum absolute atomic E-state index is 0.0371. The summed E-state index contributed by atoms with van der Waals surface area (Å²) in [6, 6.07) is 3.30. The number of nitrogens with zero attached hydrogens (tertiary/aromatic N) is 2. The third kappa shape index (κ3) is 4.48. The van der Waals surface area contributed by atoms with Crippen LogP contribution in [0.1, 0.15) is 41.5 Å². The van der Waals surface area contributed by atoms with Gasteiger partial charge in [-0.25, -0.2) is 0 Å². The molecule has 0 aliphatic carbocycles. The first kappa shape index (κ1) is 19.4. The number of amides is 1. The Kier molecular flexibility index (Phi) is 5.34. The third-order valence-electron chi connectivity index (χ3n) is 4.00. The first-order chi connectivity index (χ1) is 13.3. The molecular weight excluding hydrogens is 362 g/mol. The Labute approximate surface area is 162 Å². The summed E-state index contributed by atoms with van der Waals surface area (Å²) in [4.78, 5) is 16.7. The van der Waals surface area contributed by atoms with Gasteiger partial charge in [-0.2, -0.15) is 4.98 Å². The molecule has 0 saturated heterocycles. The standard InChI is InChI=1S/C19H23N5O4/c1-11-22-17(28-24-11)10-26-14-7-12(18(25)23-16(20)5-6-21-4)8-15-13(14)9-19(2,3)27-15/h5-8,21H,9-10H2,1-4H3,(H2,20,23,25)/b6-5-. The van der Waals surface area contributed by atoms with E-state index in [1.807, 2.05) is 13.8 Å². The molecule has 1 aromatic heterocycles. The van der Waals surface area contributed by atoms with E-state index in [1.54, 1.807) is 32.3 Å². The normalized spacial score (nSPS) is 14.4. The van der Waals surface area contributed by atoms with Gasteiger partial charge in [0.15, 0.2) is 12.4 Å². The van der Waals surface area contributed by atoms with Crippen LogP contribution in [-0.4, -0.2) is 34.5 Å². The van der Waals surface area contributed by atoms with Crippen molar-refractivity contribution < 1.29 is 18.8 Å². The van der Waals surface area contributed by atoms with E-state index < -0.39 is 11.5 Å². The van der Waals surface area contributed by atoms with E-state index in [4.69, 9.17) is 19.4 Å². The number of carbonyl (C=O) groups excluding carboxylic acids is 1. The molecule has 1 aliphatic heterocycles. The van der Waals surface area contributed by atoms with Crippen molar-refractivity contribution in [2.75, 3.05) is 7.05 Å². The van der Waals surface area contributed by atoms with Gasteiger partial charge < -0.3 is 24.6 Å². The molecule has 1 amide bonds. The molecule has 0 radical (unpaired) electrons. The van der Waals surface area contributed by atoms with E-state index >= 15 is 0 Å². The van der Waals surface area contributed by atoms with Gasteiger partial charge in [-0.05, 0) is 45.2 Å². The second-order valence-electron chi connectivity index (χ2n) is 7.00. The van der Waals surface area contributed by atoms with Gasteiger partial charge in [-0.1, -0.05) is 5.16 Å². The molecule has 2 heterocycles. The van der Waals surface area contributed by atoms with Crippen LogP contribution < -0.4 is 20.1 Å². The molecule has 0 bridgehead atoms. The van der Waals surface area contributed by atoms with E-state index in [9.17, 15) is 4.79 Å². The minimum atomic E-state index is -0.430. The fourth-order valence-corrected chi connectivity index (χ4v) is 2.85. The number of benzene rings is 1. The summed E-state index contributed by atoms with van der Waals surface area (Å²) in [7, 11) is 1.71. The summed E-state index contributed by atoms with van der Waals surface area (Å²) in [5, 5.41) is 16.8. The molecule has 28 heavy (non-hydrogen) atoms. The van der Waals surface area contributed by atoms with Crippen molar-refractivity contribution >= 4 is 11.7 Å². The largest absolute Gasteiger partial charge is 0.487 e. The fraction of sp³-hybridized carbons (Fsp3) is 0.368. The van der Waals surface area contributed by atoms with Gasteiger partial charge in [0.1, 0.15) is 22.9 Å². The molecule has 148 valence electrons. The summed E-state index contributed by atoms with van der Waals surface area (Å²) < 4.78 is 16.9. The minimum Gasteiger partial charge on any atom is -0.487 e. The maximum absolute atomic E-state index is 12.6. The van der Waals surface area contributed by atoms with Gasteiger partial charge >= 0.3 is 0 Å². The molecule has 9 heteroatoms. The number of ether oxygens (including phenoxy) is 2. The lowest BCUT2D eigenvalue weighted by Gasteiger charge is -2.16. The number of hydrogen-bond acceptors (Lipinski definition) is 8. The van der Waals surface area contributed by atoms with Gasteiger partial charge in [-0.15, -0.1) is 0 Å². The topological polar surface area (TPSA) is 122 Å². The molecule has 2 aromatic rings. The second kappa shape index (κ2) is 7.71. The Balaban J connectivity index is 1.84. The highest BCUT2D eigenvalue weighted by Crippen LogP contribution is 2.41. The van der Waals surface area contributed by atoms with Gasteiger partial charge in [0.25, 0.3) is 11.8 Å². The highest BCUT2D eigenvalue weighted by Gasteiger charge is 2.34. The molecule has 0 fully saturated rings. The van der Waals surface area contributed by atoms with Crippen LogP contribution in [0.15, 0.2) is 28.9 Å². The molecule has 1 aliphatic rings. The summed E-state index contributed by atoms with van der Waals surface area (Å²) in [6.45, 7) is 5.75. The molecule has 3 N–H and O–H groups in total. The first-order valence-electron chi connectivity index (χ1n) is 8.79. The van der Waals surface area contributed by atoms with Crippen molar-refractivity contribution in [3.05, 3.63) is 47.3 Å². The summed E-state index contributed by atoms with van der Waals surface area (Å²) >= 11 is 0. The molecule has 9 nitrogen and oxygen atoms in total. The van der Waals surface area contributed by atoms with Crippen molar-refractivity contribution in [2.45, 2.75) is 39.4 Å². The lowest BCUT2D eigenvalue weighted by Crippen LogP contribution is -2.28. The van der Waals surface area contributed by atoms with E-state index in [1.165, 1.54) is 6.08 Å². The van der Waals surface area contributed by atoms with Gasteiger partial charge in [0.05, 0.1) is 0 Å². The number of aryl methyl sites for hydroxylation is 1. The van der Waals surface area contributed by atoms with E-state index in [2.05, 4.69) is 20.8 Å². The first-order valence-corrected chi connectivity index (χ1v) is 8.79. The van der Waals surface area contributed by atoms with E-state index in [0.29, 0.717) is 35.2 Å². The summed E-state index contributed by atoms with van der Waals surface area (Å²) in [6.07, 6.45) is 3.64. The molecule has 3 rings (SSSR count). The van der Waals surface area contributed by atoms with E-state index in [-0.39, 0.29) is 12.4 Å². The summed E-state index contributed by atoms with van der Waals surface area (Å²) in [5.74, 6) is 1.51. The quantitative estimate of drug-likeness (QED) is 0.514. The van der Waals surface area contributed by atoms with Crippen molar-refractivity contribution in [2.24, 2.45) is 0 Å². The van der Waals surface area contributed by atoms with E-state index in [0.717, 1.165) is 5.56 Å². The zero-order chi connectivity index (χ0) is 20.3. The number of aromatic nitrogens is 2.